The van der Waals surface area contributed by atoms with Crippen molar-refractivity contribution in [3.05, 3.63) is 52.7 Å². The van der Waals surface area contributed by atoms with Crippen molar-refractivity contribution in [1.29, 1.82) is 0 Å². The van der Waals surface area contributed by atoms with Crippen LogP contribution in [0.25, 0.3) is 0 Å². The number of aromatic nitrogens is 1. The Morgan fingerprint density at radius 2 is 2.04 bits per heavy atom. The second-order valence-corrected chi connectivity index (χ2v) is 6.72. The third-order valence-electron chi connectivity index (χ3n) is 3.10. The summed E-state index contributed by atoms with van der Waals surface area (Å²) in [5.74, 6) is 0.212. The van der Waals surface area contributed by atoms with Gasteiger partial charge in [-0.25, -0.2) is 4.98 Å². The molecule has 0 fully saturated rings. The van der Waals surface area contributed by atoms with Crippen molar-refractivity contribution in [2.75, 3.05) is 17.6 Å². The molecule has 2 N–H and O–H groups in total. The zero-order chi connectivity index (χ0) is 17.5. The molecule has 0 aliphatic carbocycles. The van der Waals surface area contributed by atoms with E-state index in [-0.39, 0.29) is 18.4 Å². The van der Waals surface area contributed by atoms with Crippen molar-refractivity contribution in [1.82, 2.24) is 10.3 Å². The number of anilines is 1. The second-order valence-electron chi connectivity index (χ2n) is 5.03. The fraction of sp³-hybridized carbons (Fsp3) is 0.235. The average Bonchev–Trinajstić information content (AvgIpc) is 2.56. The van der Waals surface area contributed by atoms with Crippen LogP contribution >= 0.6 is 23.4 Å². The largest absolute Gasteiger partial charge is 0.343 e. The summed E-state index contributed by atoms with van der Waals surface area (Å²) in [5.41, 5.74) is 2.00. The monoisotopic (exact) mass is 363 g/mol. The van der Waals surface area contributed by atoms with Crippen LogP contribution < -0.4 is 10.6 Å². The van der Waals surface area contributed by atoms with Gasteiger partial charge in [-0.3, -0.25) is 9.59 Å². The van der Waals surface area contributed by atoms with Gasteiger partial charge in [0.05, 0.1) is 22.3 Å². The predicted molar refractivity (Wildman–Crippen MR) is 97.8 cm³/mol. The van der Waals surface area contributed by atoms with Crippen LogP contribution in [0.5, 0.6) is 0 Å². The fourth-order valence-corrected chi connectivity index (χ4v) is 2.88. The van der Waals surface area contributed by atoms with E-state index in [2.05, 4.69) is 15.6 Å². The van der Waals surface area contributed by atoms with E-state index >= 15 is 0 Å². The lowest BCUT2D eigenvalue weighted by Crippen LogP contribution is -2.32. The van der Waals surface area contributed by atoms with Crippen molar-refractivity contribution >= 4 is 40.9 Å². The highest BCUT2D eigenvalue weighted by Gasteiger charge is 2.10. The highest BCUT2D eigenvalue weighted by atomic mass is 35.5. The number of carbonyl (C=O) groups is 2. The first-order chi connectivity index (χ1) is 11.5. The molecule has 2 rings (SSSR count). The Morgan fingerprint density at radius 3 is 2.75 bits per heavy atom. The van der Waals surface area contributed by atoms with Gasteiger partial charge in [-0.15, -0.1) is 11.8 Å². The molecule has 0 bridgehead atoms. The summed E-state index contributed by atoms with van der Waals surface area (Å²) in [5, 5.41) is 6.50. The first kappa shape index (κ1) is 18.3. The van der Waals surface area contributed by atoms with Crippen LogP contribution in [0.3, 0.4) is 0 Å². The number of rotatable bonds is 6. The number of halogens is 1. The number of hydrogen-bond donors (Lipinski definition) is 2. The highest BCUT2D eigenvalue weighted by Crippen LogP contribution is 2.22. The Balaban J connectivity index is 1.91. The Hall–Kier alpha value is -2.05. The third kappa shape index (κ3) is 5.25. The Bertz CT molecular complexity index is 752. The minimum Gasteiger partial charge on any atom is -0.343 e. The molecule has 0 aliphatic heterocycles. The van der Waals surface area contributed by atoms with Gasteiger partial charge in [0.15, 0.2) is 0 Å². The number of nitrogens with one attached hydrogen (secondary N) is 2. The zero-order valence-electron chi connectivity index (χ0n) is 13.4. The quantitative estimate of drug-likeness (QED) is 0.770. The molecule has 0 unspecified atom stereocenters. The van der Waals surface area contributed by atoms with E-state index in [9.17, 15) is 9.59 Å². The van der Waals surface area contributed by atoms with Gasteiger partial charge in [0.25, 0.3) is 5.91 Å². The lowest BCUT2D eigenvalue weighted by Gasteiger charge is -2.09. The van der Waals surface area contributed by atoms with E-state index in [1.165, 1.54) is 0 Å². The Morgan fingerprint density at radius 1 is 1.25 bits per heavy atom. The number of carbonyl (C=O) groups excluding carboxylic acids is 2. The van der Waals surface area contributed by atoms with Gasteiger partial charge in [0.2, 0.25) is 5.91 Å². The van der Waals surface area contributed by atoms with Crippen LogP contribution in [0.1, 0.15) is 22.8 Å². The summed E-state index contributed by atoms with van der Waals surface area (Å²) in [4.78, 5) is 28.2. The molecule has 0 aliphatic rings. The van der Waals surface area contributed by atoms with Crippen molar-refractivity contribution in [3.63, 3.8) is 0 Å². The van der Waals surface area contributed by atoms with E-state index in [0.717, 1.165) is 16.3 Å². The summed E-state index contributed by atoms with van der Waals surface area (Å²) in [6.45, 7) is 3.79. The summed E-state index contributed by atoms with van der Waals surface area (Å²) in [7, 11) is 0. The standard InChI is InChI=1S/C17H18ClN3O2S/c1-3-24-16-9-12(6-7-19-16)17(23)20-10-15(22)21-14-5-4-11(2)8-13(14)18/h4-9H,3,10H2,1-2H3,(H,20,23)(H,21,22). The minimum atomic E-state index is -0.341. The highest BCUT2D eigenvalue weighted by molar-refractivity contribution is 7.99. The fourth-order valence-electron chi connectivity index (χ4n) is 1.96. The minimum absolute atomic E-state index is 0.137. The Kier molecular flexibility index (Phi) is 6.63. The van der Waals surface area contributed by atoms with E-state index in [1.54, 1.807) is 42.2 Å². The summed E-state index contributed by atoms with van der Waals surface area (Å²) < 4.78 is 0. The van der Waals surface area contributed by atoms with Crippen LogP contribution in [0.15, 0.2) is 41.6 Å². The van der Waals surface area contributed by atoms with Crippen molar-refractivity contribution in [3.8, 4) is 0 Å². The number of pyridine rings is 1. The van der Waals surface area contributed by atoms with Gasteiger partial charge >= 0.3 is 0 Å². The molecule has 5 nitrogen and oxygen atoms in total. The molecule has 126 valence electrons. The van der Waals surface area contributed by atoms with Gasteiger partial charge in [-0.1, -0.05) is 24.6 Å². The molecule has 0 saturated heterocycles. The first-order valence-corrected chi connectivity index (χ1v) is 8.79. The number of nitrogens with zero attached hydrogens (tertiary/aromatic N) is 1. The molecular formula is C17H18ClN3O2S. The molecule has 7 heteroatoms. The molecule has 0 radical (unpaired) electrons. The SMILES string of the molecule is CCSc1cc(C(=O)NCC(=O)Nc2ccc(C)cc2Cl)ccn1. The summed E-state index contributed by atoms with van der Waals surface area (Å²) in [6, 6.07) is 8.67. The van der Waals surface area contributed by atoms with Crippen LogP contribution in [0.2, 0.25) is 5.02 Å². The predicted octanol–water partition coefficient (Wildman–Crippen LogP) is 3.52. The summed E-state index contributed by atoms with van der Waals surface area (Å²) in [6.07, 6.45) is 1.58. The zero-order valence-corrected chi connectivity index (χ0v) is 15.0. The molecule has 1 heterocycles. The number of amides is 2. The topological polar surface area (TPSA) is 71.1 Å². The first-order valence-electron chi connectivity index (χ1n) is 7.42. The average molecular weight is 364 g/mol. The molecule has 2 amide bonds. The maximum absolute atomic E-state index is 12.1. The lowest BCUT2D eigenvalue weighted by atomic mass is 10.2. The molecular weight excluding hydrogens is 346 g/mol. The summed E-state index contributed by atoms with van der Waals surface area (Å²) >= 11 is 7.62. The maximum atomic E-state index is 12.1. The number of thioether (sulfide) groups is 1. The molecule has 0 spiro atoms. The van der Waals surface area contributed by atoms with E-state index in [0.29, 0.717) is 16.3 Å². The second kappa shape index (κ2) is 8.70. The van der Waals surface area contributed by atoms with Crippen LogP contribution in [0, 0.1) is 6.92 Å². The molecule has 2 aromatic rings. The van der Waals surface area contributed by atoms with Gasteiger partial charge in [-0.05, 0) is 42.5 Å². The van der Waals surface area contributed by atoms with Crippen molar-refractivity contribution in [2.24, 2.45) is 0 Å². The normalized spacial score (nSPS) is 10.3. The van der Waals surface area contributed by atoms with Crippen molar-refractivity contribution in [2.45, 2.75) is 18.9 Å². The van der Waals surface area contributed by atoms with Crippen LogP contribution in [-0.2, 0) is 4.79 Å². The van der Waals surface area contributed by atoms with E-state index in [4.69, 9.17) is 11.6 Å². The molecule has 0 saturated carbocycles. The number of aryl methyl sites for hydroxylation is 1. The number of benzene rings is 1. The van der Waals surface area contributed by atoms with E-state index in [1.807, 2.05) is 19.9 Å². The van der Waals surface area contributed by atoms with Crippen molar-refractivity contribution < 1.29 is 9.59 Å². The maximum Gasteiger partial charge on any atom is 0.251 e. The molecule has 1 aromatic carbocycles. The van der Waals surface area contributed by atoms with Gasteiger partial charge in [-0.2, -0.15) is 0 Å². The van der Waals surface area contributed by atoms with E-state index < -0.39 is 0 Å². The van der Waals surface area contributed by atoms with Gasteiger partial charge < -0.3 is 10.6 Å². The lowest BCUT2D eigenvalue weighted by molar-refractivity contribution is -0.115. The van der Waals surface area contributed by atoms with Gasteiger partial charge in [0, 0.05) is 11.8 Å². The molecule has 0 atom stereocenters. The smallest absolute Gasteiger partial charge is 0.251 e. The third-order valence-corrected chi connectivity index (χ3v) is 4.22. The Labute approximate surface area is 150 Å². The number of hydrogen-bond acceptors (Lipinski definition) is 4. The van der Waals surface area contributed by atoms with Crippen LogP contribution in [0.4, 0.5) is 5.69 Å². The molecule has 24 heavy (non-hydrogen) atoms. The molecule has 1 aromatic heterocycles. The van der Waals surface area contributed by atoms with Crippen LogP contribution in [-0.4, -0.2) is 29.1 Å². The van der Waals surface area contributed by atoms with Gasteiger partial charge in [0.1, 0.15) is 0 Å².